The fraction of sp³-hybridized carbons (Fsp3) is 0. The smallest absolute Gasteiger partial charge is 0.143 e. The lowest BCUT2D eigenvalue weighted by atomic mass is 9.96. The third-order valence-electron chi connectivity index (χ3n) is 11.3. The number of benzene rings is 10. The number of rotatable bonds is 6. The molecule has 10 aromatic carbocycles. The normalized spacial score (nSPS) is 11.6. The Kier molecular flexibility index (Phi) is 7.53. The van der Waals surface area contributed by atoms with Crippen LogP contribution < -0.4 is 4.90 Å². The van der Waals surface area contributed by atoms with E-state index in [1.807, 2.05) is 12.1 Å². The molecule has 11 rings (SSSR count). The molecule has 0 aliphatic carbocycles. The van der Waals surface area contributed by atoms with E-state index in [9.17, 15) is 0 Å². The molecule has 0 fully saturated rings. The van der Waals surface area contributed by atoms with E-state index < -0.39 is 0 Å². The monoisotopic (exact) mass is 713 g/mol. The van der Waals surface area contributed by atoms with E-state index in [0.717, 1.165) is 50.1 Å². The molecule has 0 bridgehead atoms. The van der Waals surface area contributed by atoms with Crippen LogP contribution in [0.1, 0.15) is 0 Å². The highest BCUT2D eigenvalue weighted by Gasteiger charge is 2.17. The first-order valence-electron chi connectivity index (χ1n) is 19.2. The summed E-state index contributed by atoms with van der Waals surface area (Å²) in [5.74, 6) is 0. The second-order valence-corrected chi connectivity index (χ2v) is 14.5. The van der Waals surface area contributed by atoms with Crippen LogP contribution in [0.4, 0.5) is 17.1 Å². The molecular formula is C54H35NO. The van der Waals surface area contributed by atoms with Crippen LogP contribution in [-0.2, 0) is 0 Å². The molecular weight excluding hydrogens is 679 g/mol. The van der Waals surface area contributed by atoms with Gasteiger partial charge in [0.25, 0.3) is 0 Å². The van der Waals surface area contributed by atoms with Crippen LogP contribution >= 0.6 is 0 Å². The third-order valence-corrected chi connectivity index (χ3v) is 11.3. The predicted octanol–water partition coefficient (Wildman–Crippen LogP) is 15.5. The lowest BCUT2D eigenvalue weighted by Crippen LogP contribution is -2.09. The summed E-state index contributed by atoms with van der Waals surface area (Å²) in [5.41, 5.74) is 12.1. The molecule has 2 nitrogen and oxygen atoms in total. The van der Waals surface area contributed by atoms with Crippen LogP contribution in [0.3, 0.4) is 0 Å². The Morgan fingerprint density at radius 2 is 0.768 bits per heavy atom. The van der Waals surface area contributed by atoms with Gasteiger partial charge in [-0.2, -0.15) is 0 Å². The summed E-state index contributed by atoms with van der Waals surface area (Å²) < 4.78 is 6.41. The van der Waals surface area contributed by atoms with Crippen molar-refractivity contribution in [1.82, 2.24) is 0 Å². The van der Waals surface area contributed by atoms with Crippen molar-refractivity contribution in [2.45, 2.75) is 0 Å². The van der Waals surface area contributed by atoms with Gasteiger partial charge in [-0.3, -0.25) is 0 Å². The second kappa shape index (κ2) is 13.2. The second-order valence-electron chi connectivity index (χ2n) is 14.5. The van der Waals surface area contributed by atoms with E-state index in [1.54, 1.807) is 0 Å². The number of furan rings is 1. The first kappa shape index (κ1) is 32.0. The molecule has 0 unspecified atom stereocenters. The van der Waals surface area contributed by atoms with Crippen molar-refractivity contribution in [3.05, 3.63) is 212 Å². The Bertz CT molecular complexity index is 3220. The molecule has 0 amide bonds. The van der Waals surface area contributed by atoms with Crippen LogP contribution in [-0.4, -0.2) is 0 Å². The Morgan fingerprint density at radius 3 is 1.54 bits per heavy atom. The maximum Gasteiger partial charge on any atom is 0.143 e. The van der Waals surface area contributed by atoms with E-state index in [-0.39, 0.29) is 0 Å². The third kappa shape index (κ3) is 5.42. The van der Waals surface area contributed by atoms with E-state index in [4.69, 9.17) is 4.42 Å². The van der Waals surface area contributed by atoms with Crippen molar-refractivity contribution in [2.75, 3.05) is 4.90 Å². The van der Waals surface area contributed by atoms with Gasteiger partial charge in [0, 0.05) is 33.4 Å². The minimum atomic E-state index is 0.908. The lowest BCUT2D eigenvalue weighted by molar-refractivity contribution is 0.670. The first-order valence-corrected chi connectivity index (χ1v) is 19.2. The van der Waals surface area contributed by atoms with Gasteiger partial charge in [0.15, 0.2) is 0 Å². The van der Waals surface area contributed by atoms with Crippen LogP contribution in [0.25, 0.3) is 87.6 Å². The minimum Gasteiger partial charge on any atom is -0.455 e. The molecule has 0 radical (unpaired) electrons. The van der Waals surface area contributed by atoms with Gasteiger partial charge in [-0.15, -0.1) is 0 Å². The summed E-state index contributed by atoms with van der Waals surface area (Å²) in [5, 5.41) is 9.78. The average molecular weight is 714 g/mol. The van der Waals surface area contributed by atoms with E-state index in [2.05, 4.69) is 205 Å². The highest BCUT2D eigenvalue weighted by molar-refractivity contribution is 6.10. The summed E-state index contributed by atoms with van der Waals surface area (Å²) in [6.45, 7) is 0. The first-order chi connectivity index (χ1) is 27.7. The summed E-state index contributed by atoms with van der Waals surface area (Å²) in [6.07, 6.45) is 0. The van der Waals surface area contributed by atoms with Crippen molar-refractivity contribution in [2.24, 2.45) is 0 Å². The SMILES string of the molecule is c1ccc2c(-c3ccc(-c4ccc(N(c5ccc(-c6cccc7c6oc6ccccc67)cc5)c5ccc6c(ccc7ccccc76)c5)cc4)cc3)cccc2c1. The molecule has 0 aliphatic heterocycles. The number of nitrogens with zero attached hydrogens (tertiary/aromatic N) is 1. The van der Waals surface area contributed by atoms with Crippen LogP contribution in [0, 0.1) is 0 Å². The Morgan fingerprint density at radius 1 is 0.286 bits per heavy atom. The summed E-state index contributed by atoms with van der Waals surface area (Å²) >= 11 is 0. The fourth-order valence-electron chi connectivity index (χ4n) is 8.47. The van der Waals surface area contributed by atoms with Gasteiger partial charge in [0.05, 0.1) is 0 Å². The van der Waals surface area contributed by atoms with Gasteiger partial charge >= 0.3 is 0 Å². The van der Waals surface area contributed by atoms with E-state index >= 15 is 0 Å². The molecule has 262 valence electrons. The molecule has 56 heavy (non-hydrogen) atoms. The number of para-hydroxylation sites is 2. The summed E-state index contributed by atoms with van der Waals surface area (Å²) in [6, 6.07) is 76.5. The molecule has 0 spiro atoms. The fourth-order valence-corrected chi connectivity index (χ4v) is 8.47. The molecule has 11 aromatic rings. The zero-order valence-corrected chi connectivity index (χ0v) is 30.6. The maximum absolute atomic E-state index is 6.41. The summed E-state index contributed by atoms with van der Waals surface area (Å²) in [4.78, 5) is 2.35. The average Bonchev–Trinajstić information content (AvgIpc) is 3.66. The van der Waals surface area contributed by atoms with Crippen LogP contribution in [0.15, 0.2) is 217 Å². The Balaban J connectivity index is 0.978. The van der Waals surface area contributed by atoms with Crippen molar-refractivity contribution in [3.63, 3.8) is 0 Å². The highest BCUT2D eigenvalue weighted by atomic mass is 16.3. The van der Waals surface area contributed by atoms with Crippen LogP contribution in [0.5, 0.6) is 0 Å². The number of hydrogen-bond donors (Lipinski definition) is 0. The quantitative estimate of drug-likeness (QED) is 0.160. The van der Waals surface area contributed by atoms with Crippen LogP contribution in [0.2, 0.25) is 0 Å². The molecule has 2 heteroatoms. The zero-order chi connectivity index (χ0) is 37.0. The van der Waals surface area contributed by atoms with Crippen molar-refractivity contribution in [1.29, 1.82) is 0 Å². The Labute approximate surface area is 325 Å². The van der Waals surface area contributed by atoms with Gasteiger partial charge < -0.3 is 9.32 Å². The minimum absolute atomic E-state index is 0.908. The predicted molar refractivity (Wildman–Crippen MR) is 237 cm³/mol. The molecule has 0 saturated carbocycles. The van der Waals surface area contributed by atoms with Crippen molar-refractivity contribution >= 4 is 71.3 Å². The lowest BCUT2D eigenvalue weighted by Gasteiger charge is -2.26. The molecule has 0 aliphatic rings. The maximum atomic E-state index is 6.41. The Hall–Kier alpha value is -7.42. The number of anilines is 3. The number of fused-ring (bicyclic) bond motifs is 7. The van der Waals surface area contributed by atoms with E-state index in [1.165, 1.54) is 54.6 Å². The van der Waals surface area contributed by atoms with E-state index in [0.29, 0.717) is 0 Å². The highest BCUT2D eigenvalue weighted by Crippen LogP contribution is 2.41. The van der Waals surface area contributed by atoms with Gasteiger partial charge in [-0.1, -0.05) is 170 Å². The largest absolute Gasteiger partial charge is 0.455 e. The molecule has 0 saturated heterocycles. The standard InChI is InChI=1S/C54H35NO/c1-3-12-46-38(9-1)11-7-15-48(46)40-21-19-36(20-22-40)37-25-29-43(30-26-37)55(45-33-34-49-42(35-45)24-23-39-10-2-4-13-47(39)49)44-31-27-41(28-32-44)50-16-8-17-52-51-14-5-6-18-53(51)56-54(50)52/h1-35H. The zero-order valence-electron chi connectivity index (χ0n) is 30.6. The topological polar surface area (TPSA) is 16.4 Å². The van der Waals surface area contributed by atoms with Gasteiger partial charge in [0.2, 0.25) is 0 Å². The van der Waals surface area contributed by atoms with Gasteiger partial charge in [0.1, 0.15) is 11.2 Å². The summed E-state index contributed by atoms with van der Waals surface area (Å²) in [7, 11) is 0. The van der Waals surface area contributed by atoms with Gasteiger partial charge in [-0.05, 0) is 103 Å². The molecule has 0 atom stereocenters. The van der Waals surface area contributed by atoms with Crippen molar-refractivity contribution in [3.8, 4) is 33.4 Å². The molecule has 0 N–H and O–H groups in total. The molecule has 1 aromatic heterocycles. The van der Waals surface area contributed by atoms with Gasteiger partial charge in [-0.25, -0.2) is 0 Å². The number of hydrogen-bond acceptors (Lipinski definition) is 2. The van der Waals surface area contributed by atoms with Crippen molar-refractivity contribution < 1.29 is 4.42 Å². The molecule has 1 heterocycles.